The van der Waals surface area contributed by atoms with E-state index in [0.717, 1.165) is 24.3 Å². The maximum Gasteiger partial charge on any atom is 0.431 e. The van der Waals surface area contributed by atoms with Crippen LogP contribution in [-0.4, -0.2) is 47.8 Å². The van der Waals surface area contributed by atoms with Gasteiger partial charge in [-0.15, -0.1) is 0 Å². The zero-order valence-corrected chi connectivity index (χ0v) is 14.1. The number of carboxylic acid groups (broad SMARTS) is 1. The number of hydroxylamine groups is 2. The fourth-order valence-corrected chi connectivity index (χ4v) is 4.04. The second kappa shape index (κ2) is 7.45. The fraction of sp³-hybridized carbons (Fsp3) is 0.929. The minimum atomic E-state index is -3.19. The number of nitrogens with zero attached hydrogens (tertiary/aromatic N) is 1. The van der Waals surface area contributed by atoms with Crippen LogP contribution in [0, 0.1) is 5.92 Å². The van der Waals surface area contributed by atoms with Gasteiger partial charge in [0.15, 0.2) is 9.84 Å². The molecule has 1 aliphatic carbocycles. The standard InChI is InChI=1S/C14H27NO5S/c1-10(2)20-15(14(16)17)13-8-6-5-7-12(13)9-21(18,19)11(3)4/h10-13H,5-9H2,1-4H3,(H,16,17). The molecule has 1 saturated carbocycles. The number of rotatable bonds is 6. The Morgan fingerprint density at radius 1 is 1.24 bits per heavy atom. The second-order valence-corrected chi connectivity index (χ2v) is 8.85. The molecular formula is C14H27NO5S. The molecule has 1 N–H and O–H groups in total. The summed E-state index contributed by atoms with van der Waals surface area (Å²) in [6.07, 6.45) is 1.80. The molecule has 0 saturated heterocycles. The first-order chi connectivity index (χ1) is 9.65. The molecule has 0 bridgehead atoms. The monoisotopic (exact) mass is 321 g/mol. The molecule has 1 rings (SSSR count). The number of hydrogen-bond acceptors (Lipinski definition) is 4. The van der Waals surface area contributed by atoms with Crippen LogP contribution in [0.25, 0.3) is 0 Å². The van der Waals surface area contributed by atoms with Crippen molar-refractivity contribution in [3.8, 4) is 0 Å². The Morgan fingerprint density at radius 2 is 1.81 bits per heavy atom. The van der Waals surface area contributed by atoms with Gasteiger partial charge in [0.1, 0.15) is 0 Å². The van der Waals surface area contributed by atoms with E-state index in [1.54, 1.807) is 27.7 Å². The van der Waals surface area contributed by atoms with Gasteiger partial charge in [0, 0.05) is 0 Å². The fourth-order valence-electron chi connectivity index (χ4n) is 2.67. The largest absolute Gasteiger partial charge is 0.463 e. The van der Waals surface area contributed by atoms with Crippen molar-refractivity contribution in [2.24, 2.45) is 5.92 Å². The van der Waals surface area contributed by atoms with Crippen molar-refractivity contribution in [3.05, 3.63) is 0 Å². The SMILES string of the molecule is CC(C)ON(C(=O)O)C1CCCCC1CS(=O)(=O)C(C)C. The lowest BCUT2D eigenvalue weighted by Gasteiger charge is -2.38. The predicted octanol–water partition coefficient (Wildman–Crippen LogP) is 2.69. The third-order valence-corrected chi connectivity index (χ3v) is 6.18. The van der Waals surface area contributed by atoms with E-state index >= 15 is 0 Å². The van der Waals surface area contributed by atoms with Crippen LogP contribution in [0.4, 0.5) is 4.79 Å². The van der Waals surface area contributed by atoms with Crippen LogP contribution in [0.3, 0.4) is 0 Å². The molecule has 0 aromatic carbocycles. The number of amides is 1. The van der Waals surface area contributed by atoms with E-state index in [1.165, 1.54) is 0 Å². The third kappa shape index (κ3) is 5.14. The van der Waals surface area contributed by atoms with Crippen LogP contribution in [0.1, 0.15) is 53.4 Å². The van der Waals surface area contributed by atoms with Crippen molar-refractivity contribution in [1.29, 1.82) is 0 Å². The highest BCUT2D eigenvalue weighted by Crippen LogP contribution is 2.31. The normalized spacial score (nSPS) is 23.5. The average molecular weight is 321 g/mol. The minimum Gasteiger partial charge on any atom is -0.463 e. The lowest BCUT2D eigenvalue weighted by molar-refractivity contribution is -0.196. The summed E-state index contributed by atoms with van der Waals surface area (Å²) in [6.45, 7) is 6.84. The maximum atomic E-state index is 12.2. The Labute approximate surface area is 127 Å². The Balaban J connectivity index is 2.92. The molecule has 0 aromatic heterocycles. The summed E-state index contributed by atoms with van der Waals surface area (Å²) in [7, 11) is -3.19. The molecule has 124 valence electrons. The van der Waals surface area contributed by atoms with Crippen molar-refractivity contribution in [3.63, 3.8) is 0 Å². The summed E-state index contributed by atoms with van der Waals surface area (Å²) < 4.78 is 24.3. The Hall–Kier alpha value is -0.820. The van der Waals surface area contributed by atoms with Gasteiger partial charge in [-0.2, -0.15) is 5.06 Å². The number of sulfone groups is 1. The summed E-state index contributed by atoms with van der Waals surface area (Å²) in [5.41, 5.74) is 0. The topological polar surface area (TPSA) is 83.9 Å². The summed E-state index contributed by atoms with van der Waals surface area (Å²) in [6, 6.07) is -0.382. The summed E-state index contributed by atoms with van der Waals surface area (Å²) in [4.78, 5) is 16.8. The van der Waals surface area contributed by atoms with Crippen molar-refractivity contribution in [2.45, 2.75) is 70.8 Å². The Bertz CT molecular complexity index is 446. The van der Waals surface area contributed by atoms with Gasteiger partial charge in [-0.25, -0.2) is 13.2 Å². The van der Waals surface area contributed by atoms with Crippen molar-refractivity contribution in [2.75, 3.05) is 5.75 Å². The predicted molar refractivity (Wildman–Crippen MR) is 80.8 cm³/mol. The summed E-state index contributed by atoms with van der Waals surface area (Å²) in [5, 5.41) is 9.89. The van der Waals surface area contributed by atoms with Crippen molar-refractivity contribution >= 4 is 15.9 Å². The van der Waals surface area contributed by atoms with Crippen LogP contribution < -0.4 is 0 Å². The van der Waals surface area contributed by atoms with Gasteiger partial charge >= 0.3 is 6.09 Å². The van der Waals surface area contributed by atoms with Gasteiger partial charge in [-0.3, -0.25) is 4.84 Å². The smallest absolute Gasteiger partial charge is 0.431 e. The maximum absolute atomic E-state index is 12.2. The molecule has 0 heterocycles. The quantitative estimate of drug-likeness (QED) is 0.760. The lowest BCUT2D eigenvalue weighted by Crippen LogP contribution is -2.48. The number of hydrogen-bond donors (Lipinski definition) is 1. The molecule has 0 radical (unpaired) electrons. The average Bonchev–Trinajstić information content (AvgIpc) is 2.35. The number of carbonyl (C=O) groups is 1. The molecule has 7 heteroatoms. The highest BCUT2D eigenvalue weighted by Gasteiger charge is 2.37. The summed E-state index contributed by atoms with van der Waals surface area (Å²) in [5.74, 6) is -0.165. The van der Waals surface area contributed by atoms with Gasteiger partial charge in [0.25, 0.3) is 0 Å². The molecule has 2 unspecified atom stereocenters. The van der Waals surface area contributed by atoms with E-state index in [9.17, 15) is 18.3 Å². The van der Waals surface area contributed by atoms with Gasteiger partial charge in [0.05, 0.1) is 23.1 Å². The summed E-state index contributed by atoms with van der Waals surface area (Å²) >= 11 is 0. The molecular weight excluding hydrogens is 294 g/mol. The van der Waals surface area contributed by atoms with Crippen molar-refractivity contribution < 1.29 is 23.2 Å². The third-order valence-electron chi connectivity index (χ3n) is 3.85. The van der Waals surface area contributed by atoms with Crippen LogP contribution in [0.2, 0.25) is 0 Å². The second-order valence-electron chi connectivity index (χ2n) is 6.25. The van der Waals surface area contributed by atoms with Gasteiger partial charge < -0.3 is 5.11 Å². The van der Waals surface area contributed by atoms with Gasteiger partial charge in [-0.05, 0) is 46.5 Å². The van der Waals surface area contributed by atoms with E-state index in [1.807, 2.05) is 0 Å². The van der Waals surface area contributed by atoms with Gasteiger partial charge in [-0.1, -0.05) is 12.8 Å². The van der Waals surface area contributed by atoms with Crippen LogP contribution in [-0.2, 0) is 14.7 Å². The molecule has 1 fully saturated rings. The van der Waals surface area contributed by atoms with E-state index in [0.29, 0.717) is 6.42 Å². The van der Waals surface area contributed by atoms with E-state index in [2.05, 4.69) is 0 Å². The van der Waals surface area contributed by atoms with E-state index in [-0.39, 0.29) is 23.8 Å². The molecule has 1 amide bonds. The molecule has 2 atom stereocenters. The van der Waals surface area contributed by atoms with E-state index < -0.39 is 21.2 Å². The first-order valence-corrected chi connectivity index (χ1v) is 9.27. The van der Waals surface area contributed by atoms with Crippen LogP contribution in [0.5, 0.6) is 0 Å². The molecule has 0 spiro atoms. The Kier molecular flexibility index (Phi) is 6.46. The molecule has 0 aliphatic heterocycles. The molecule has 1 aliphatic rings. The highest BCUT2D eigenvalue weighted by atomic mass is 32.2. The molecule has 21 heavy (non-hydrogen) atoms. The lowest BCUT2D eigenvalue weighted by atomic mass is 9.85. The van der Waals surface area contributed by atoms with E-state index in [4.69, 9.17) is 4.84 Å². The zero-order valence-electron chi connectivity index (χ0n) is 13.3. The first-order valence-electron chi connectivity index (χ1n) is 7.55. The van der Waals surface area contributed by atoms with Crippen molar-refractivity contribution in [1.82, 2.24) is 5.06 Å². The van der Waals surface area contributed by atoms with Crippen LogP contribution in [0.15, 0.2) is 0 Å². The molecule has 0 aromatic rings. The highest BCUT2D eigenvalue weighted by molar-refractivity contribution is 7.91. The first kappa shape index (κ1) is 18.2. The Morgan fingerprint density at radius 3 is 2.29 bits per heavy atom. The zero-order chi connectivity index (χ0) is 16.2. The molecule has 6 nitrogen and oxygen atoms in total. The minimum absolute atomic E-state index is 0.0283. The van der Waals surface area contributed by atoms with Gasteiger partial charge in [0.2, 0.25) is 0 Å². The van der Waals surface area contributed by atoms with Crippen LogP contribution >= 0.6 is 0 Å².